The zero-order chi connectivity index (χ0) is 18.1. The molecule has 130 valence electrons. The van der Waals surface area contributed by atoms with Crippen LogP contribution in [-0.2, 0) is 25.6 Å². The van der Waals surface area contributed by atoms with Crippen molar-refractivity contribution in [1.82, 2.24) is 10.6 Å². The summed E-state index contributed by atoms with van der Waals surface area (Å²) in [5.74, 6) is -2.35. The topological polar surface area (TPSA) is 113 Å². The van der Waals surface area contributed by atoms with E-state index in [0.717, 1.165) is 5.56 Å². The van der Waals surface area contributed by atoms with Crippen LogP contribution >= 0.6 is 0 Å². The fourth-order valence-electron chi connectivity index (χ4n) is 2.18. The predicted octanol–water partition coefficient (Wildman–Crippen LogP) is 0.672. The molecular formula is C17H22N2O5. The number of carbonyl (C=O) groups excluding carboxylic acids is 3. The minimum absolute atomic E-state index is 0.00847. The van der Waals surface area contributed by atoms with Crippen molar-refractivity contribution in [2.24, 2.45) is 0 Å². The predicted molar refractivity (Wildman–Crippen MR) is 87.2 cm³/mol. The third kappa shape index (κ3) is 7.04. The molecule has 0 aliphatic rings. The van der Waals surface area contributed by atoms with Gasteiger partial charge in [0.2, 0.25) is 11.8 Å². The van der Waals surface area contributed by atoms with Crippen molar-refractivity contribution in [2.45, 2.75) is 45.2 Å². The van der Waals surface area contributed by atoms with Gasteiger partial charge >= 0.3 is 5.97 Å². The van der Waals surface area contributed by atoms with Crippen LogP contribution < -0.4 is 10.6 Å². The molecule has 7 heteroatoms. The molecule has 0 heterocycles. The minimum atomic E-state index is -1.22. The maximum absolute atomic E-state index is 12.4. The van der Waals surface area contributed by atoms with Crippen molar-refractivity contribution in [1.29, 1.82) is 0 Å². The second-order valence-electron chi connectivity index (χ2n) is 5.58. The van der Waals surface area contributed by atoms with E-state index in [1.807, 2.05) is 30.3 Å². The lowest BCUT2D eigenvalue weighted by molar-refractivity contribution is -0.142. The second kappa shape index (κ2) is 9.44. The van der Waals surface area contributed by atoms with Gasteiger partial charge in [0.25, 0.3) is 0 Å². The van der Waals surface area contributed by atoms with E-state index in [-0.39, 0.29) is 31.0 Å². The summed E-state index contributed by atoms with van der Waals surface area (Å²) < 4.78 is 0. The molecule has 0 saturated carbocycles. The summed E-state index contributed by atoms with van der Waals surface area (Å²) in [6.45, 7) is 2.64. The highest BCUT2D eigenvalue weighted by molar-refractivity contribution is 5.90. The first-order valence-corrected chi connectivity index (χ1v) is 7.63. The molecule has 0 radical (unpaired) electrons. The first-order chi connectivity index (χ1) is 11.3. The summed E-state index contributed by atoms with van der Waals surface area (Å²) in [6, 6.07) is 7.02. The number of hydrogen-bond acceptors (Lipinski definition) is 4. The van der Waals surface area contributed by atoms with Crippen LogP contribution in [0, 0.1) is 0 Å². The van der Waals surface area contributed by atoms with E-state index in [2.05, 4.69) is 10.6 Å². The van der Waals surface area contributed by atoms with Crippen molar-refractivity contribution in [3.05, 3.63) is 35.9 Å². The van der Waals surface area contributed by atoms with Crippen molar-refractivity contribution >= 4 is 23.6 Å². The molecular weight excluding hydrogens is 312 g/mol. The second-order valence-corrected chi connectivity index (χ2v) is 5.58. The van der Waals surface area contributed by atoms with E-state index in [1.54, 1.807) is 0 Å². The van der Waals surface area contributed by atoms with Gasteiger partial charge in [-0.3, -0.25) is 9.59 Å². The molecule has 1 aromatic carbocycles. The fourth-order valence-corrected chi connectivity index (χ4v) is 2.18. The number of ketones is 1. The Bertz CT molecular complexity index is 600. The quantitative estimate of drug-likeness (QED) is 0.614. The zero-order valence-electron chi connectivity index (χ0n) is 13.7. The van der Waals surface area contributed by atoms with Gasteiger partial charge in [0.1, 0.15) is 17.9 Å². The number of Topliss-reactive ketones (excluding diaryl/α,β-unsaturated/α-hetero) is 1. The van der Waals surface area contributed by atoms with Gasteiger partial charge < -0.3 is 20.5 Å². The van der Waals surface area contributed by atoms with Crippen molar-refractivity contribution in [3.63, 3.8) is 0 Å². The van der Waals surface area contributed by atoms with Gasteiger partial charge in [-0.2, -0.15) is 0 Å². The molecule has 2 atom stereocenters. The Labute approximate surface area is 140 Å². The molecule has 1 aromatic rings. The van der Waals surface area contributed by atoms with Gasteiger partial charge in [0.15, 0.2) is 0 Å². The Hall–Kier alpha value is -2.70. The van der Waals surface area contributed by atoms with Gasteiger partial charge in [-0.25, -0.2) is 4.79 Å². The standard InChI is InChI=1S/C17H22N2O5/c1-11(20)8-9-14(17(23)24)19-16(22)15(18-12(2)21)10-13-6-4-3-5-7-13/h3-7,14-15H,8-10H2,1-2H3,(H,18,21)(H,19,22)(H,23,24)/t14-,15+/m1/s1. The average Bonchev–Trinajstić information content (AvgIpc) is 2.50. The molecule has 2 amide bonds. The number of benzene rings is 1. The van der Waals surface area contributed by atoms with Gasteiger partial charge in [0.05, 0.1) is 0 Å². The van der Waals surface area contributed by atoms with E-state index >= 15 is 0 Å². The highest BCUT2D eigenvalue weighted by Crippen LogP contribution is 2.05. The minimum Gasteiger partial charge on any atom is -0.480 e. The average molecular weight is 334 g/mol. The van der Waals surface area contributed by atoms with E-state index < -0.39 is 24.0 Å². The van der Waals surface area contributed by atoms with Gasteiger partial charge in [-0.15, -0.1) is 0 Å². The monoisotopic (exact) mass is 334 g/mol. The molecule has 0 fully saturated rings. The third-order valence-electron chi connectivity index (χ3n) is 3.38. The molecule has 0 aliphatic carbocycles. The Balaban J connectivity index is 2.79. The molecule has 1 rings (SSSR count). The lowest BCUT2D eigenvalue weighted by atomic mass is 10.0. The molecule has 0 unspecified atom stereocenters. The number of carboxylic acids is 1. The van der Waals surface area contributed by atoms with Crippen LogP contribution in [0.25, 0.3) is 0 Å². The number of nitrogens with one attached hydrogen (secondary N) is 2. The van der Waals surface area contributed by atoms with Crippen LogP contribution in [0.4, 0.5) is 0 Å². The van der Waals surface area contributed by atoms with E-state index in [0.29, 0.717) is 0 Å². The smallest absolute Gasteiger partial charge is 0.326 e. The van der Waals surface area contributed by atoms with E-state index in [1.165, 1.54) is 13.8 Å². The van der Waals surface area contributed by atoms with Crippen LogP contribution in [0.3, 0.4) is 0 Å². The van der Waals surface area contributed by atoms with Gasteiger partial charge in [0, 0.05) is 19.8 Å². The van der Waals surface area contributed by atoms with Gasteiger partial charge in [-0.1, -0.05) is 30.3 Å². The van der Waals surface area contributed by atoms with Crippen LogP contribution in [0.2, 0.25) is 0 Å². The molecule has 7 nitrogen and oxygen atoms in total. The molecule has 24 heavy (non-hydrogen) atoms. The fraction of sp³-hybridized carbons (Fsp3) is 0.412. The summed E-state index contributed by atoms with van der Waals surface area (Å²) in [5, 5.41) is 14.1. The Morgan fingerprint density at radius 1 is 1.00 bits per heavy atom. The lowest BCUT2D eigenvalue weighted by Crippen LogP contribution is -2.52. The van der Waals surface area contributed by atoms with Crippen LogP contribution in [0.15, 0.2) is 30.3 Å². The molecule has 3 N–H and O–H groups in total. The first-order valence-electron chi connectivity index (χ1n) is 7.63. The van der Waals surface area contributed by atoms with Crippen LogP contribution in [0.1, 0.15) is 32.3 Å². The highest BCUT2D eigenvalue weighted by Gasteiger charge is 2.26. The summed E-state index contributed by atoms with van der Waals surface area (Å²) in [4.78, 5) is 46.0. The third-order valence-corrected chi connectivity index (χ3v) is 3.38. The summed E-state index contributed by atoms with van der Waals surface area (Å²) >= 11 is 0. The largest absolute Gasteiger partial charge is 0.480 e. The van der Waals surface area contributed by atoms with Gasteiger partial charge in [-0.05, 0) is 18.9 Å². The van der Waals surface area contributed by atoms with Crippen LogP contribution in [-0.4, -0.2) is 40.8 Å². The highest BCUT2D eigenvalue weighted by atomic mass is 16.4. The number of carbonyl (C=O) groups is 4. The Kier molecular flexibility index (Phi) is 7.61. The van der Waals surface area contributed by atoms with Crippen molar-refractivity contribution < 1.29 is 24.3 Å². The maximum Gasteiger partial charge on any atom is 0.326 e. The zero-order valence-corrected chi connectivity index (χ0v) is 13.7. The summed E-state index contributed by atoms with van der Waals surface area (Å²) in [6.07, 6.45) is 0.306. The Morgan fingerprint density at radius 2 is 1.62 bits per heavy atom. The summed E-state index contributed by atoms with van der Waals surface area (Å²) in [7, 11) is 0. The van der Waals surface area contributed by atoms with Crippen molar-refractivity contribution in [3.8, 4) is 0 Å². The number of amides is 2. The van der Waals surface area contributed by atoms with E-state index in [4.69, 9.17) is 0 Å². The number of hydrogen-bond donors (Lipinski definition) is 3. The summed E-state index contributed by atoms with van der Waals surface area (Å²) in [5.41, 5.74) is 0.835. The molecule has 0 bridgehead atoms. The number of rotatable bonds is 9. The lowest BCUT2D eigenvalue weighted by Gasteiger charge is -2.21. The maximum atomic E-state index is 12.4. The number of carboxylic acid groups (broad SMARTS) is 1. The normalized spacial score (nSPS) is 12.8. The molecule has 0 spiro atoms. The SMILES string of the molecule is CC(=O)CC[C@@H](NC(=O)[C@H](Cc1ccccc1)NC(C)=O)C(=O)O. The number of aliphatic carboxylic acids is 1. The van der Waals surface area contributed by atoms with Crippen LogP contribution in [0.5, 0.6) is 0 Å². The Morgan fingerprint density at radius 3 is 2.12 bits per heavy atom. The van der Waals surface area contributed by atoms with E-state index in [9.17, 15) is 24.3 Å². The molecule has 0 aliphatic heterocycles. The van der Waals surface area contributed by atoms with Crippen molar-refractivity contribution in [2.75, 3.05) is 0 Å². The first kappa shape index (κ1) is 19.3. The molecule has 0 aromatic heterocycles. The molecule has 0 saturated heterocycles.